The Morgan fingerprint density at radius 1 is 1.04 bits per heavy atom. The van der Waals surface area contributed by atoms with E-state index in [4.69, 9.17) is 0 Å². The van der Waals surface area contributed by atoms with Gasteiger partial charge in [-0.05, 0) is 24.1 Å². The van der Waals surface area contributed by atoms with Gasteiger partial charge in [0.2, 0.25) is 5.91 Å². The highest BCUT2D eigenvalue weighted by Crippen LogP contribution is 2.30. The summed E-state index contributed by atoms with van der Waals surface area (Å²) in [6, 6.07) is 18.3. The minimum atomic E-state index is -0.468. The van der Waals surface area contributed by atoms with Crippen LogP contribution in [0.5, 0.6) is 0 Å². The van der Waals surface area contributed by atoms with E-state index in [1.807, 2.05) is 18.2 Å². The van der Waals surface area contributed by atoms with Gasteiger partial charge in [0.15, 0.2) is 0 Å². The molecule has 1 amide bonds. The maximum absolute atomic E-state index is 12.4. The third-order valence-electron chi connectivity index (χ3n) is 4.92. The summed E-state index contributed by atoms with van der Waals surface area (Å²) in [5.41, 5.74) is 4.30. The molecule has 0 saturated carbocycles. The van der Waals surface area contributed by atoms with Crippen LogP contribution in [0.15, 0.2) is 60.7 Å². The number of anilines is 1. The molecule has 0 spiro atoms. The second-order valence-electron chi connectivity index (χ2n) is 6.69. The van der Waals surface area contributed by atoms with Crippen molar-refractivity contribution in [3.8, 4) is 0 Å². The van der Waals surface area contributed by atoms with Gasteiger partial charge in [0, 0.05) is 39.1 Å². The number of aromatic amines is 1. The van der Waals surface area contributed by atoms with Gasteiger partial charge in [-0.25, -0.2) is 0 Å². The van der Waals surface area contributed by atoms with Crippen molar-refractivity contribution in [2.24, 2.45) is 0 Å². The number of nitro groups is 1. The van der Waals surface area contributed by atoms with E-state index in [1.54, 1.807) is 18.2 Å². The van der Waals surface area contributed by atoms with E-state index in [1.165, 1.54) is 11.6 Å². The first-order valence-corrected chi connectivity index (χ1v) is 9.12. The zero-order chi connectivity index (χ0) is 19.7. The van der Waals surface area contributed by atoms with Gasteiger partial charge in [-0.15, -0.1) is 0 Å². The first kappa shape index (κ1) is 17.7. The van der Waals surface area contributed by atoms with Gasteiger partial charge in [0.25, 0.3) is 5.69 Å². The maximum Gasteiger partial charge on any atom is 0.273 e. The predicted molar refractivity (Wildman–Crippen MR) is 111 cm³/mol. The lowest BCUT2D eigenvalue weighted by atomic mass is 10.1. The number of hydrogen-bond acceptors (Lipinski definition) is 3. The van der Waals surface area contributed by atoms with Crippen molar-refractivity contribution in [3.63, 3.8) is 0 Å². The zero-order valence-electron chi connectivity index (χ0n) is 15.4. The number of rotatable bonds is 5. The summed E-state index contributed by atoms with van der Waals surface area (Å²) < 4.78 is 0. The fourth-order valence-corrected chi connectivity index (χ4v) is 3.58. The molecule has 2 N–H and O–H groups in total. The van der Waals surface area contributed by atoms with Crippen molar-refractivity contribution in [2.75, 3.05) is 5.32 Å². The fourth-order valence-electron chi connectivity index (χ4n) is 3.58. The van der Waals surface area contributed by atoms with E-state index in [2.05, 4.69) is 35.4 Å². The molecule has 0 fully saturated rings. The highest BCUT2D eigenvalue weighted by Gasteiger charge is 2.16. The number of aryl methyl sites for hydroxylation is 1. The lowest BCUT2D eigenvalue weighted by Crippen LogP contribution is -2.15. The first-order chi connectivity index (χ1) is 13.6. The van der Waals surface area contributed by atoms with Crippen LogP contribution in [-0.2, 0) is 17.6 Å². The van der Waals surface area contributed by atoms with Crippen LogP contribution < -0.4 is 5.32 Å². The van der Waals surface area contributed by atoms with Gasteiger partial charge < -0.3 is 10.3 Å². The standard InChI is InChI=1S/C22H19N3O3/c1-2-14-7-5-8-18-17-11-10-16(13-19(17)24-22(14)18)23-21(26)12-15-6-3-4-9-20(15)25(27)28/h3-11,13,24H,2,12H2,1H3,(H,23,26). The van der Waals surface area contributed by atoms with Crippen LogP contribution in [0.1, 0.15) is 18.1 Å². The van der Waals surface area contributed by atoms with Gasteiger partial charge >= 0.3 is 0 Å². The summed E-state index contributed by atoms with van der Waals surface area (Å²) >= 11 is 0. The van der Waals surface area contributed by atoms with Gasteiger partial charge in [-0.3, -0.25) is 14.9 Å². The Labute approximate surface area is 161 Å². The molecule has 0 unspecified atom stereocenters. The van der Waals surface area contributed by atoms with Crippen LogP contribution in [0.25, 0.3) is 21.8 Å². The molecular formula is C22H19N3O3. The number of carbonyl (C=O) groups excluding carboxylic acids is 1. The molecule has 0 bridgehead atoms. The van der Waals surface area contributed by atoms with Gasteiger partial charge in [-0.1, -0.05) is 49.4 Å². The number of hydrogen-bond donors (Lipinski definition) is 2. The second-order valence-corrected chi connectivity index (χ2v) is 6.69. The molecule has 0 aliphatic rings. The summed E-state index contributed by atoms with van der Waals surface area (Å²) in [6.45, 7) is 2.12. The summed E-state index contributed by atoms with van der Waals surface area (Å²) in [4.78, 5) is 26.5. The number of benzene rings is 3. The van der Waals surface area contributed by atoms with Crippen molar-refractivity contribution in [2.45, 2.75) is 19.8 Å². The van der Waals surface area contributed by atoms with Crippen LogP contribution in [0.2, 0.25) is 0 Å². The van der Waals surface area contributed by atoms with Crippen molar-refractivity contribution in [1.82, 2.24) is 4.98 Å². The third-order valence-corrected chi connectivity index (χ3v) is 4.92. The molecule has 6 heteroatoms. The van der Waals surface area contributed by atoms with Crippen molar-refractivity contribution >= 4 is 39.1 Å². The second kappa shape index (κ2) is 7.15. The van der Waals surface area contributed by atoms with Crippen LogP contribution in [0, 0.1) is 10.1 Å². The van der Waals surface area contributed by atoms with Gasteiger partial charge in [0.1, 0.15) is 0 Å². The van der Waals surface area contributed by atoms with E-state index in [9.17, 15) is 14.9 Å². The first-order valence-electron chi connectivity index (χ1n) is 9.12. The summed E-state index contributed by atoms with van der Waals surface area (Å²) in [6.07, 6.45) is 0.880. The molecule has 28 heavy (non-hydrogen) atoms. The molecule has 4 rings (SSSR count). The number of nitro benzene ring substituents is 1. The Balaban J connectivity index is 1.61. The molecule has 6 nitrogen and oxygen atoms in total. The molecule has 0 saturated heterocycles. The van der Waals surface area contributed by atoms with Crippen LogP contribution in [0.4, 0.5) is 11.4 Å². The van der Waals surface area contributed by atoms with Crippen molar-refractivity contribution in [1.29, 1.82) is 0 Å². The Morgan fingerprint density at radius 2 is 1.82 bits per heavy atom. The predicted octanol–water partition coefficient (Wildman–Crippen LogP) is 4.97. The summed E-state index contributed by atoms with van der Waals surface area (Å²) in [5.74, 6) is -0.293. The van der Waals surface area contributed by atoms with Crippen molar-refractivity contribution in [3.05, 3.63) is 81.9 Å². The number of para-hydroxylation sites is 2. The van der Waals surface area contributed by atoms with Crippen molar-refractivity contribution < 1.29 is 9.72 Å². The smallest absolute Gasteiger partial charge is 0.273 e. The number of amides is 1. The van der Waals surface area contributed by atoms with Crippen LogP contribution in [0.3, 0.4) is 0 Å². The van der Waals surface area contributed by atoms with Gasteiger partial charge in [-0.2, -0.15) is 0 Å². The molecular weight excluding hydrogens is 354 g/mol. The van der Waals surface area contributed by atoms with Gasteiger partial charge in [0.05, 0.1) is 11.3 Å². The third kappa shape index (κ3) is 3.20. The highest BCUT2D eigenvalue weighted by atomic mass is 16.6. The van der Waals surface area contributed by atoms with E-state index in [0.717, 1.165) is 28.2 Å². The Bertz CT molecular complexity index is 1210. The number of nitrogens with one attached hydrogen (secondary N) is 2. The topological polar surface area (TPSA) is 88.0 Å². The quantitative estimate of drug-likeness (QED) is 0.382. The average Bonchev–Trinajstić information content (AvgIpc) is 3.06. The molecule has 1 aromatic heterocycles. The minimum absolute atomic E-state index is 0.0455. The van der Waals surface area contributed by atoms with Crippen LogP contribution >= 0.6 is 0 Å². The largest absolute Gasteiger partial charge is 0.354 e. The Hall–Kier alpha value is -3.67. The lowest BCUT2D eigenvalue weighted by molar-refractivity contribution is -0.385. The normalized spacial score (nSPS) is 11.0. The van der Waals surface area contributed by atoms with E-state index in [0.29, 0.717) is 11.3 Å². The monoisotopic (exact) mass is 373 g/mol. The lowest BCUT2D eigenvalue weighted by Gasteiger charge is -2.06. The fraction of sp³-hybridized carbons (Fsp3) is 0.136. The Morgan fingerprint density at radius 3 is 2.61 bits per heavy atom. The molecule has 0 aliphatic carbocycles. The summed E-state index contributed by atoms with van der Waals surface area (Å²) in [7, 11) is 0. The number of nitrogens with zero attached hydrogens (tertiary/aromatic N) is 1. The molecule has 4 aromatic rings. The number of fused-ring (bicyclic) bond motifs is 3. The highest BCUT2D eigenvalue weighted by molar-refractivity contribution is 6.09. The average molecular weight is 373 g/mol. The molecule has 1 heterocycles. The summed E-state index contributed by atoms with van der Waals surface area (Å²) in [5, 5.41) is 16.2. The number of carbonyl (C=O) groups is 1. The van der Waals surface area contributed by atoms with E-state index < -0.39 is 4.92 Å². The zero-order valence-corrected chi connectivity index (χ0v) is 15.4. The van der Waals surface area contributed by atoms with E-state index in [-0.39, 0.29) is 18.0 Å². The molecule has 0 atom stereocenters. The molecule has 0 radical (unpaired) electrons. The maximum atomic E-state index is 12.4. The molecule has 3 aromatic carbocycles. The molecule has 0 aliphatic heterocycles. The number of H-pyrrole nitrogens is 1. The minimum Gasteiger partial charge on any atom is -0.354 e. The SMILES string of the molecule is CCc1cccc2c1[nH]c1cc(NC(=O)Cc3ccccc3[N+](=O)[O-])ccc12. The number of aromatic nitrogens is 1. The van der Waals surface area contributed by atoms with E-state index >= 15 is 0 Å². The molecule has 140 valence electrons. The van der Waals surface area contributed by atoms with Crippen LogP contribution in [-0.4, -0.2) is 15.8 Å². The Kier molecular flexibility index (Phi) is 4.53.